The highest BCUT2D eigenvalue weighted by Gasteiger charge is 2.17. The fraction of sp³-hybridized carbons (Fsp3) is 0.353. The number of anilines is 1. The van der Waals surface area contributed by atoms with Crippen LogP contribution in [0.5, 0.6) is 0 Å². The van der Waals surface area contributed by atoms with Gasteiger partial charge in [0.2, 0.25) is 5.89 Å². The van der Waals surface area contributed by atoms with Crippen molar-refractivity contribution >= 4 is 17.7 Å². The Morgan fingerprint density at radius 2 is 2.04 bits per heavy atom. The molecule has 7 nitrogen and oxygen atoms in total. The molecule has 7 heteroatoms. The molecule has 0 saturated heterocycles. The SMILES string of the molecule is CCOC(=O)c1coc(-c2cccc(NC(=O)OC(C)(C)C)c2)n1. The predicted molar refractivity (Wildman–Crippen MR) is 87.8 cm³/mol. The van der Waals surface area contributed by atoms with Gasteiger partial charge in [-0.15, -0.1) is 0 Å². The van der Waals surface area contributed by atoms with Gasteiger partial charge in [0, 0.05) is 11.3 Å². The van der Waals surface area contributed by atoms with Gasteiger partial charge < -0.3 is 13.9 Å². The lowest BCUT2D eigenvalue weighted by atomic mass is 10.2. The van der Waals surface area contributed by atoms with Crippen LogP contribution in [0.4, 0.5) is 10.5 Å². The van der Waals surface area contributed by atoms with Crippen molar-refractivity contribution in [1.29, 1.82) is 0 Å². The zero-order valence-corrected chi connectivity index (χ0v) is 14.1. The summed E-state index contributed by atoms with van der Waals surface area (Å²) in [6.45, 7) is 7.33. The van der Waals surface area contributed by atoms with Crippen LogP contribution in [-0.2, 0) is 9.47 Å². The summed E-state index contributed by atoms with van der Waals surface area (Å²) in [5.41, 5.74) is 0.646. The summed E-state index contributed by atoms with van der Waals surface area (Å²) in [7, 11) is 0. The minimum absolute atomic E-state index is 0.0948. The maximum absolute atomic E-state index is 11.8. The molecule has 1 aromatic carbocycles. The normalized spacial score (nSPS) is 11.0. The molecule has 24 heavy (non-hydrogen) atoms. The maximum atomic E-state index is 11.8. The van der Waals surface area contributed by atoms with Gasteiger partial charge >= 0.3 is 12.1 Å². The van der Waals surface area contributed by atoms with Crippen LogP contribution in [0.1, 0.15) is 38.2 Å². The van der Waals surface area contributed by atoms with Gasteiger partial charge in [-0.25, -0.2) is 14.6 Å². The second kappa shape index (κ2) is 7.16. The standard InChI is InChI=1S/C17H20N2O5/c1-5-22-15(20)13-10-23-14(19-13)11-7-6-8-12(9-11)18-16(21)24-17(2,3)4/h6-10H,5H2,1-4H3,(H,18,21). The fourth-order valence-electron chi connectivity index (χ4n) is 1.86. The largest absolute Gasteiger partial charge is 0.461 e. The van der Waals surface area contributed by atoms with Crippen LogP contribution in [0.3, 0.4) is 0 Å². The van der Waals surface area contributed by atoms with Crippen LogP contribution in [0.15, 0.2) is 34.9 Å². The second-order valence-electron chi connectivity index (χ2n) is 5.97. The number of amides is 1. The van der Waals surface area contributed by atoms with Crippen LogP contribution < -0.4 is 5.32 Å². The highest BCUT2D eigenvalue weighted by Crippen LogP contribution is 2.23. The molecule has 0 aliphatic carbocycles. The molecule has 0 spiro atoms. The van der Waals surface area contributed by atoms with Gasteiger partial charge in [0.25, 0.3) is 0 Å². The van der Waals surface area contributed by atoms with E-state index in [1.165, 1.54) is 6.26 Å². The lowest BCUT2D eigenvalue weighted by Crippen LogP contribution is -2.27. The molecule has 0 radical (unpaired) electrons. The van der Waals surface area contributed by atoms with Crippen LogP contribution >= 0.6 is 0 Å². The molecule has 0 saturated carbocycles. The van der Waals surface area contributed by atoms with E-state index in [1.807, 2.05) is 0 Å². The Morgan fingerprint density at radius 3 is 2.71 bits per heavy atom. The Balaban J connectivity index is 2.13. The lowest BCUT2D eigenvalue weighted by Gasteiger charge is -2.19. The Kier molecular flexibility index (Phi) is 5.23. The first-order valence-electron chi connectivity index (χ1n) is 7.51. The summed E-state index contributed by atoms with van der Waals surface area (Å²) in [6, 6.07) is 6.87. The van der Waals surface area contributed by atoms with Crippen molar-refractivity contribution in [2.24, 2.45) is 0 Å². The van der Waals surface area contributed by atoms with E-state index >= 15 is 0 Å². The quantitative estimate of drug-likeness (QED) is 0.855. The zero-order valence-electron chi connectivity index (χ0n) is 14.1. The summed E-state index contributed by atoms with van der Waals surface area (Å²) in [5.74, 6) is -0.290. The van der Waals surface area contributed by atoms with E-state index in [-0.39, 0.29) is 18.2 Å². The van der Waals surface area contributed by atoms with Crippen molar-refractivity contribution < 1.29 is 23.5 Å². The topological polar surface area (TPSA) is 90.7 Å². The molecule has 0 aliphatic heterocycles. The van der Waals surface area contributed by atoms with E-state index in [0.29, 0.717) is 11.3 Å². The number of benzene rings is 1. The minimum atomic E-state index is -0.585. The van der Waals surface area contributed by atoms with Gasteiger partial charge in [-0.1, -0.05) is 6.07 Å². The Labute approximate surface area is 140 Å². The van der Waals surface area contributed by atoms with E-state index in [9.17, 15) is 9.59 Å². The minimum Gasteiger partial charge on any atom is -0.461 e. The van der Waals surface area contributed by atoms with Crippen LogP contribution in [-0.4, -0.2) is 29.3 Å². The van der Waals surface area contributed by atoms with Crippen LogP contribution in [0, 0.1) is 0 Å². The number of rotatable bonds is 4. The van der Waals surface area contributed by atoms with Gasteiger partial charge in [-0.05, 0) is 45.9 Å². The monoisotopic (exact) mass is 332 g/mol. The molecule has 0 atom stereocenters. The molecule has 1 heterocycles. The van der Waals surface area contributed by atoms with Gasteiger partial charge in [0.1, 0.15) is 11.9 Å². The third-order valence-electron chi connectivity index (χ3n) is 2.74. The number of hydrogen-bond donors (Lipinski definition) is 1. The van der Waals surface area contributed by atoms with Gasteiger partial charge in [0.15, 0.2) is 5.69 Å². The number of nitrogens with zero attached hydrogens (tertiary/aromatic N) is 1. The molecular weight excluding hydrogens is 312 g/mol. The van der Waals surface area contributed by atoms with E-state index in [2.05, 4.69) is 10.3 Å². The van der Waals surface area contributed by atoms with E-state index in [4.69, 9.17) is 13.9 Å². The first-order chi connectivity index (χ1) is 11.3. The number of esters is 1. The van der Waals surface area contributed by atoms with E-state index in [1.54, 1.807) is 52.0 Å². The lowest BCUT2D eigenvalue weighted by molar-refractivity contribution is 0.0518. The number of carbonyl (C=O) groups is 2. The van der Waals surface area contributed by atoms with Crippen LogP contribution in [0.2, 0.25) is 0 Å². The number of carbonyl (C=O) groups excluding carboxylic acids is 2. The fourth-order valence-corrected chi connectivity index (χ4v) is 1.86. The molecular formula is C17H20N2O5. The summed E-state index contributed by atoms with van der Waals surface area (Å²) in [5, 5.41) is 2.64. The number of ether oxygens (including phenoxy) is 2. The summed E-state index contributed by atoms with van der Waals surface area (Å²) >= 11 is 0. The Hall–Kier alpha value is -2.83. The molecule has 1 amide bonds. The highest BCUT2D eigenvalue weighted by molar-refractivity contribution is 5.88. The average molecular weight is 332 g/mol. The van der Waals surface area contributed by atoms with Crippen molar-refractivity contribution in [3.8, 4) is 11.5 Å². The Bertz CT molecular complexity index is 731. The molecule has 1 aromatic heterocycles. The van der Waals surface area contributed by atoms with E-state index in [0.717, 1.165) is 0 Å². The predicted octanol–water partition coefficient (Wildman–Crippen LogP) is 3.87. The first-order valence-corrected chi connectivity index (χ1v) is 7.51. The molecule has 2 rings (SSSR count). The molecule has 2 aromatic rings. The molecule has 0 bridgehead atoms. The van der Waals surface area contributed by atoms with Crippen molar-refractivity contribution in [2.75, 3.05) is 11.9 Å². The van der Waals surface area contributed by atoms with Crippen molar-refractivity contribution in [3.63, 3.8) is 0 Å². The van der Waals surface area contributed by atoms with Crippen molar-refractivity contribution in [3.05, 3.63) is 36.2 Å². The summed E-state index contributed by atoms with van der Waals surface area (Å²) < 4.78 is 15.4. The molecule has 0 aliphatic rings. The zero-order chi connectivity index (χ0) is 17.7. The van der Waals surface area contributed by atoms with Crippen molar-refractivity contribution in [1.82, 2.24) is 4.98 Å². The van der Waals surface area contributed by atoms with Gasteiger partial charge in [-0.2, -0.15) is 0 Å². The summed E-state index contributed by atoms with van der Waals surface area (Å²) in [4.78, 5) is 27.5. The van der Waals surface area contributed by atoms with Crippen LogP contribution in [0.25, 0.3) is 11.5 Å². The second-order valence-corrected chi connectivity index (χ2v) is 5.97. The molecule has 1 N–H and O–H groups in total. The molecule has 128 valence electrons. The Morgan fingerprint density at radius 1 is 1.29 bits per heavy atom. The van der Waals surface area contributed by atoms with E-state index < -0.39 is 17.7 Å². The van der Waals surface area contributed by atoms with Gasteiger partial charge in [0.05, 0.1) is 6.61 Å². The molecule has 0 fully saturated rings. The first kappa shape index (κ1) is 17.5. The summed E-state index contributed by atoms with van der Waals surface area (Å²) in [6.07, 6.45) is 0.681. The smallest absolute Gasteiger partial charge is 0.412 e. The van der Waals surface area contributed by atoms with Crippen molar-refractivity contribution in [2.45, 2.75) is 33.3 Å². The number of aromatic nitrogens is 1. The number of oxazole rings is 1. The average Bonchev–Trinajstić information content (AvgIpc) is 2.95. The highest BCUT2D eigenvalue weighted by atomic mass is 16.6. The maximum Gasteiger partial charge on any atom is 0.412 e. The molecule has 0 unspecified atom stereocenters. The third kappa shape index (κ3) is 4.84. The number of nitrogens with one attached hydrogen (secondary N) is 1. The number of hydrogen-bond acceptors (Lipinski definition) is 6. The third-order valence-corrected chi connectivity index (χ3v) is 2.74. The van der Waals surface area contributed by atoms with Gasteiger partial charge in [-0.3, -0.25) is 5.32 Å².